The summed E-state index contributed by atoms with van der Waals surface area (Å²) in [4.78, 5) is 23.5. The van der Waals surface area contributed by atoms with Gasteiger partial charge >= 0.3 is 0 Å². The summed E-state index contributed by atoms with van der Waals surface area (Å²) in [5.41, 5.74) is 6.36. The van der Waals surface area contributed by atoms with Gasteiger partial charge in [0.05, 0.1) is 14.9 Å². The van der Waals surface area contributed by atoms with E-state index >= 15 is 0 Å². The summed E-state index contributed by atoms with van der Waals surface area (Å²) in [6.07, 6.45) is 0. The first-order valence-corrected chi connectivity index (χ1v) is 10.7. The highest BCUT2D eigenvalue weighted by Gasteiger charge is 2.17. The molecule has 0 aliphatic carbocycles. The van der Waals surface area contributed by atoms with E-state index in [-0.39, 0.29) is 26.2 Å². The van der Waals surface area contributed by atoms with Gasteiger partial charge in [0.15, 0.2) is 0 Å². The second-order valence-electron chi connectivity index (χ2n) is 6.16. The Morgan fingerprint density at radius 3 is 2.13 bits per heavy atom. The molecule has 0 heterocycles. The number of primary amides is 1. The molecule has 0 atom stereocenters. The van der Waals surface area contributed by atoms with Gasteiger partial charge in [-0.05, 0) is 60.7 Å². The van der Waals surface area contributed by atoms with Crippen molar-refractivity contribution < 1.29 is 18.0 Å². The van der Waals surface area contributed by atoms with Crippen molar-refractivity contribution in [1.29, 1.82) is 0 Å². The quantitative estimate of drug-likeness (QED) is 0.508. The van der Waals surface area contributed by atoms with Crippen LogP contribution in [0.3, 0.4) is 0 Å². The highest BCUT2D eigenvalue weighted by molar-refractivity contribution is 7.92. The molecule has 3 rings (SSSR count). The molecule has 0 radical (unpaired) electrons. The van der Waals surface area contributed by atoms with E-state index in [1.807, 2.05) is 0 Å². The van der Waals surface area contributed by atoms with Crippen molar-refractivity contribution in [3.8, 4) is 0 Å². The van der Waals surface area contributed by atoms with Crippen molar-refractivity contribution in [2.24, 2.45) is 5.73 Å². The van der Waals surface area contributed by atoms with Crippen LogP contribution in [0, 0.1) is 0 Å². The zero-order valence-corrected chi connectivity index (χ0v) is 17.6. The predicted octanol–water partition coefficient (Wildman–Crippen LogP) is 4.15. The van der Waals surface area contributed by atoms with Crippen LogP contribution in [-0.4, -0.2) is 20.2 Å². The van der Waals surface area contributed by atoms with Crippen LogP contribution in [0.4, 0.5) is 11.4 Å². The molecule has 3 aromatic rings. The van der Waals surface area contributed by atoms with Gasteiger partial charge in [0, 0.05) is 22.5 Å². The highest BCUT2D eigenvalue weighted by atomic mass is 35.5. The van der Waals surface area contributed by atoms with Crippen LogP contribution in [0.5, 0.6) is 0 Å². The van der Waals surface area contributed by atoms with Crippen molar-refractivity contribution in [1.82, 2.24) is 0 Å². The van der Waals surface area contributed by atoms with Gasteiger partial charge in [-0.3, -0.25) is 14.3 Å². The minimum Gasteiger partial charge on any atom is -0.366 e. The molecule has 0 saturated heterocycles. The summed E-state index contributed by atoms with van der Waals surface area (Å²) in [6.45, 7) is 0. The maximum atomic E-state index is 12.6. The zero-order chi connectivity index (χ0) is 21.9. The number of carbonyl (C=O) groups excluding carboxylic acids is 2. The third-order valence-corrected chi connectivity index (χ3v) is 6.12. The molecule has 0 saturated carbocycles. The normalized spacial score (nSPS) is 11.0. The second-order valence-corrected chi connectivity index (χ2v) is 8.65. The number of hydrogen-bond donors (Lipinski definition) is 3. The average molecular weight is 464 g/mol. The minimum absolute atomic E-state index is 0.0682. The fourth-order valence-electron chi connectivity index (χ4n) is 2.50. The lowest BCUT2D eigenvalue weighted by Crippen LogP contribution is -2.15. The lowest BCUT2D eigenvalue weighted by molar-refractivity contribution is 0.0998. The molecule has 0 aliphatic heterocycles. The van der Waals surface area contributed by atoms with Crippen molar-refractivity contribution >= 4 is 56.4 Å². The minimum atomic E-state index is -3.94. The number of hydrogen-bond acceptors (Lipinski definition) is 4. The third kappa shape index (κ3) is 5.10. The molecular formula is C20H15Cl2N3O4S. The van der Waals surface area contributed by atoms with Crippen molar-refractivity contribution in [3.63, 3.8) is 0 Å². The Kier molecular flexibility index (Phi) is 6.31. The number of amides is 2. The standard InChI is InChI=1S/C20H15Cl2N3O4S/c21-17-9-8-16(11-18(17)22)30(28,29)25-15-3-1-2-13(10-15)20(27)24-14-6-4-12(5-7-14)19(23)26/h1-11,25H,(H2,23,26)(H,24,27). The van der Waals surface area contributed by atoms with E-state index in [1.165, 1.54) is 66.7 Å². The topological polar surface area (TPSA) is 118 Å². The summed E-state index contributed by atoms with van der Waals surface area (Å²) in [6, 6.07) is 16.0. The molecule has 2 amide bonds. The average Bonchev–Trinajstić information content (AvgIpc) is 2.70. The second kappa shape index (κ2) is 8.74. The Balaban J connectivity index is 1.77. The zero-order valence-electron chi connectivity index (χ0n) is 15.2. The monoisotopic (exact) mass is 463 g/mol. The van der Waals surface area contributed by atoms with Gasteiger partial charge in [-0.2, -0.15) is 0 Å². The Morgan fingerprint density at radius 2 is 1.50 bits per heavy atom. The van der Waals surface area contributed by atoms with Gasteiger partial charge in [-0.15, -0.1) is 0 Å². The van der Waals surface area contributed by atoms with Crippen molar-refractivity contribution in [3.05, 3.63) is 87.9 Å². The molecule has 0 spiro atoms. The molecule has 0 aliphatic rings. The first-order chi connectivity index (χ1) is 14.2. The third-order valence-electron chi connectivity index (χ3n) is 4.01. The lowest BCUT2D eigenvalue weighted by atomic mass is 10.1. The van der Waals surface area contributed by atoms with Crippen LogP contribution in [0.1, 0.15) is 20.7 Å². The first kappa shape index (κ1) is 21.6. The van der Waals surface area contributed by atoms with Gasteiger partial charge < -0.3 is 11.1 Å². The van der Waals surface area contributed by atoms with Gasteiger partial charge in [0.2, 0.25) is 5.91 Å². The van der Waals surface area contributed by atoms with E-state index in [4.69, 9.17) is 28.9 Å². The fraction of sp³-hybridized carbons (Fsp3) is 0. The molecule has 30 heavy (non-hydrogen) atoms. The molecule has 3 aromatic carbocycles. The molecule has 10 heteroatoms. The Bertz CT molecular complexity index is 1230. The largest absolute Gasteiger partial charge is 0.366 e. The smallest absolute Gasteiger partial charge is 0.261 e. The number of anilines is 2. The van der Waals surface area contributed by atoms with Gasteiger partial charge in [-0.25, -0.2) is 8.42 Å². The number of nitrogens with one attached hydrogen (secondary N) is 2. The SMILES string of the molecule is NC(=O)c1ccc(NC(=O)c2cccc(NS(=O)(=O)c3ccc(Cl)c(Cl)c3)c2)cc1. The van der Waals surface area contributed by atoms with Gasteiger partial charge in [0.1, 0.15) is 0 Å². The maximum absolute atomic E-state index is 12.6. The predicted molar refractivity (Wildman–Crippen MR) is 117 cm³/mol. The van der Waals surface area contributed by atoms with Gasteiger partial charge in [0.25, 0.3) is 15.9 Å². The maximum Gasteiger partial charge on any atom is 0.261 e. The van der Waals surface area contributed by atoms with Crippen LogP contribution < -0.4 is 15.8 Å². The Labute approximate surface area is 182 Å². The molecular weight excluding hydrogens is 449 g/mol. The van der Waals surface area contributed by atoms with Crippen LogP contribution in [0.25, 0.3) is 0 Å². The Hall–Kier alpha value is -3.07. The molecule has 0 unspecified atom stereocenters. The summed E-state index contributed by atoms with van der Waals surface area (Å²) >= 11 is 11.7. The summed E-state index contributed by atoms with van der Waals surface area (Å²) in [7, 11) is -3.94. The number of sulfonamides is 1. The summed E-state index contributed by atoms with van der Waals surface area (Å²) in [5.74, 6) is -1.03. The summed E-state index contributed by atoms with van der Waals surface area (Å²) < 4.78 is 27.5. The number of benzene rings is 3. The van der Waals surface area contributed by atoms with E-state index in [1.54, 1.807) is 0 Å². The van der Waals surface area contributed by atoms with E-state index in [0.717, 1.165) is 0 Å². The van der Waals surface area contributed by atoms with Crippen molar-refractivity contribution in [2.45, 2.75) is 4.90 Å². The van der Waals surface area contributed by atoms with Gasteiger partial charge in [-0.1, -0.05) is 29.3 Å². The van der Waals surface area contributed by atoms with Crippen LogP contribution >= 0.6 is 23.2 Å². The molecule has 0 fully saturated rings. The molecule has 154 valence electrons. The van der Waals surface area contributed by atoms with E-state index in [0.29, 0.717) is 11.3 Å². The molecule has 0 bridgehead atoms. The van der Waals surface area contributed by atoms with E-state index in [9.17, 15) is 18.0 Å². The first-order valence-electron chi connectivity index (χ1n) is 8.45. The molecule has 0 aromatic heterocycles. The van der Waals surface area contributed by atoms with Crippen LogP contribution in [0.2, 0.25) is 10.0 Å². The molecule has 7 nitrogen and oxygen atoms in total. The van der Waals surface area contributed by atoms with Crippen LogP contribution in [-0.2, 0) is 10.0 Å². The van der Waals surface area contributed by atoms with E-state index < -0.39 is 21.8 Å². The lowest BCUT2D eigenvalue weighted by Gasteiger charge is -2.11. The Morgan fingerprint density at radius 1 is 0.800 bits per heavy atom. The van der Waals surface area contributed by atoms with Crippen LogP contribution in [0.15, 0.2) is 71.6 Å². The number of carbonyl (C=O) groups is 2. The fourth-order valence-corrected chi connectivity index (χ4v) is 3.94. The highest BCUT2D eigenvalue weighted by Crippen LogP contribution is 2.26. The van der Waals surface area contributed by atoms with E-state index in [2.05, 4.69) is 10.0 Å². The number of rotatable bonds is 6. The molecule has 4 N–H and O–H groups in total. The number of nitrogens with two attached hydrogens (primary N) is 1. The number of halogens is 2. The van der Waals surface area contributed by atoms with Crippen molar-refractivity contribution in [2.75, 3.05) is 10.0 Å². The summed E-state index contributed by atoms with van der Waals surface area (Å²) in [5, 5.41) is 3.00.